The number of hydrogen-bond acceptors (Lipinski definition) is 4. The predicted molar refractivity (Wildman–Crippen MR) is 126 cm³/mol. The number of hydrogen-bond donors (Lipinski definition) is 5. The number of nitrogens with one attached hydrogen (secondary N) is 4. The Kier molecular flexibility index (Phi) is 5.73. The van der Waals surface area contributed by atoms with E-state index in [0.29, 0.717) is 5.82 Å². The number of carboxylic acids is 1. The molecule has 1 atom stereocenters. The molecule has 0 saturated carbocycles. The summed E-state index contributed by atoms with van der Waals surface area (Å²) in [5.41, 5.74) is 7.58. The van der Waals surface area contributed by atoms with Gasteiger partial charge in [-0.3, -0.25) is 5.10 Å². The van der Waals surface area contributed by atoms with Crippen molar-refractivity contribution in [2.45, 2.75) is 51.0 Å². The van der Waals surface area contributed by atoms with Crippen LogP contribution in [0.5, 0.6) is 0 Å². The molecule has 8 nitrogen and oxygen atoms in total. The number of aryl methyl sites for hydroxylation is 2. The van der Waals surface area contributed by atoms with E-state index in [9.17, 15) is 14.7 Å². The van der Waals surface area contributed by atoms with Gasteiger partial charge in [-0.15, -0.1) is 0 Å². The van der Waals surface area contributed by atoms with E-state index >= 15 is 0 Å². The first-order chi connectivity index (χ1) is 16.1. The Labute approximate surface area is 191 Å². The molecule has 33 heavy (non-hydrogen) atoms. The van der Waals surface area contributed by atoms with Crippen molar-refractivity contribution in [2.24, 2.45) is 0 Å². The molecule has 0 aliphatic heterocycles. The first-order valence-corrected chi connectivity index (χ1v) is 11.4. The number of anilines is 3. The molecule has 0 saturated heterocycles. The van der Waals surface area contributed by atoms with Crippen molar-refractivity contribution in [3.8, 4) is 0 Å². The van der Waals surface area contributed by atoms with Crippen LogP contribution in [0.3, 0.4) is 0 Å². The van der Waals surface area contributed by atoms with Gasteiger partial charge < -0.3 is 21.1 Å². The number of rotatable bonds is 7. The van der Waals surface area contributed by atoms with Gasteiger partial charge >= 0.3 is 12.0 Å². The Bertz CT molecular complexity index is 1160. The summed E-state index contributed by atoms with van der Waals surface area (Å²) >= 11 is 0. The number of nitrogens with zero attached hydrogens (tertiary/aromatic N) is 1. The third kappa shape index (κ3) is 4.55. The van der Waals surface area contributed by atoms with Gasteiger partial charge in [0.2, 0.25) is 0 Å². The fourth-order valence-corrected chi connectivity index (χ4v) is 4.96. The quantitative estimate of drug-likeness (QED) is 0.377. The molecule has 5 rings (SSSR count). The van der Waals surface area contributed by atoms with E-state index in [1.165, 1.54) is 22.3 Å². The molecule has 0 bridgehead atoms. The van der Waals surface area contributed by atoms with Crippen molar-refractivity contribution in [1.29, 1.82) is 0 Å². The highest BCUT2D eigenvalue weighted by atomic mass is 16.4. The monoisotopic (exact) mass is 445 g/mol. The molecule has 0 spiro atoms. The first kappa shape index (κ1) is 21.1. The minimum atomic E-state index is -1.07. The van der Waals surface area contributed by atoms with E-state index in [0.717, 1.165) is 55.5 Å². The Morgan fingerprint density at radius 3 is 2.45 bits per heavy atom. The lowest BCUT2D eigenvalue weighted by Gasteiger charge is -2.19. The van der Waals surface area contributed by atoms with E-state index in [4.69, 9.17) is 0 Å². The summed E-state index contributed by atoms with van der Waals surface area (Å²) in [6.45, 7) is 0. The zero-order valence-corrected chi connectivity index (χ0v) is 18.3. The van der Waals surface area contributed by atoms with Crippen LogP contribution < -0.4 is 16.0 Å². The Morgan fingerprint density at radius 2 is 1.79 bits per heavy atom. The Morgan fingerprint density at radius 1 is 1.03 bits per heavy atom. The summed E-state index contributed by atoms with van der Waals surface area (Å²) in [5, 5.41) is 25.4. The van der Waals surface area contributed by atoms with Gasteiger partial charge in [0.1, 0.15) is 6.04 Å². The average Bonchev–Trinajstić information content (AvgIpc) is 3.55. The molecular weight excluding hydrogens is 418 g/mol. The SMILES string of the molecule is O=C(Nc1c2c(cc3c1CCC3)CCC2)NC(Cc1cccc(Nc2cc[nH]n2)c1)C(=O)O. The number of H-pyrrole nitrogens is 1. The van der Waals surface area contributed by atoms with Crippen LogP contribution in [0.4, 0.5) is 22.0 Å². The summed E-state index contributed by atoms with van der Waals surface area (Å²) in [7, 11) is 0. The molecule has 1 unspecified atom stereocenters. The van der Waals surface area contributed by atoms with Gasteiger partial charge in [-0.05, 0) is 78.5 Å². The molecule has 2 aliphatic carbocycles. The van der Waals surface area contributed by atoms with Crippen LogP contribution in [0.2, 0.25) is 0 Å². The van der Waals surface area contributed by atoms with Crippen LogP contribution in [0.25, 0.3) is 0 Å². The van der Waals surface area contributed by atoms with Gasteiger partial charge in [0.25, 0.3) is 0 Å². The summed E-state index contributed by atoms with van der Waals surface area (Å²) in [6.07, 6.45) is 8.06. The maximum Gasteiger partial charge on any atom is 0.326 e. The second-order valence-electron chi connectivity index (χ2n) is 8.71. The molecule has 2 amide bonds. The van der Waals surface area contributed by atoms with Crippen molar-refractivity contribution in [3.05, 3.63) is 70.4 Å². The topological polar surface area (TPSA) is 119 Å². The van der Waals surface area contributed by atoms with E-state index in [1.54, 1.807) is 12.3 Å². The van der Waals surface area contributed by atoms with Crippen molar-refractivity contribution in [2.75, 3.05) is 10.6 Å². The third-order valence-corrected chi connectivity index (χ3v) is 6.45. The van der Waals surface area contributed by atoms with Crippen LogP contribution in [0.1, 0.15) is 40.7 Å². The Hall–Kier alpha value is -3.81. The molecule has 2 aliphatic rings. The molecule has 1 heterocycles. The highest BCUT2D eigenvalue weighted by Gasteiger charge is 2.26. The fraction of sp³-hybridized carbons (Fsp3) is 0.320. The lowest BCUT2D eigenvalue weighted by molar-refractivity contribution is -0.139. The molecule has 0 radical (unpaired) electrons. The number of urea groups is 1. The van der Waals surface area contributed by atoms with Crippen LogP contribution in [-0.4, -0.2) is 33.3 Å². The van der Waals surface area contributed by atoms with Crippen molar-refractivity contribution >= 4 is 29.2 Å². The molecule has 2 aromatic carbocycles. The number of aliphatic carboxylic acids is 1. The zero-order chi connectivity index (χ0) is 22.8. The number of aromatic nitrogens is 2. The zero-order valence-electron chi connectivity index (χ0n) is 18.3. The fourth-order valence-electron chi connectivity index (χ4n) is 4.96. The van der Waals surface area contributed by atoms with Crippen molar-refractivity contribution < 1.29 is 14.7 Å². The molecule has 1 aromatic heterocycles. The maximum absolute atomic E-state index is 12.9. The second kappa shape index (κ2) is 8.97. The average molecular weight is 446 g/mol. The lowest BCUT2D eigenvalue weighted by atomic mass is 9.99. The molecule has 5 N–H and O–H groups in total. The van der Waals surface area contributed by atoms with E-state index in [1.807, 2.05) is 24.3 Å². The number of carbonyl (C=O) groups is 2. The van der Waals surface area contributed by atoms with Crippen molar-refractivity contribution in [1.82, 2.24) is 15.5 Å². The summed E-state index contributed by atoms with van der Waals surface area (Å²) in [5.74, 6) is -0.401. The third-order valence-electron chi connectivity index (χ3n) is 6.45. The number of carboxylic acid groups (broad SMARTS) is 1. The van der Waals surface area contributed by atoms with Gasteiger partial charge in [-0.25, -0.2) is 9.59 Å². The highest BCUT2D eigenvalue weighted by Crippen LogP contribution is 2.38. The number of fused-ring (bicyclic) bond motifs is 2. The Balaban J connectivity index is 1.29. The molecule has 170 valence electrons. The normalized spacial score (nSPS) is 14.9. The molecule has 0 fully saturated rings. The summed E-state index contributed by atoms with van der Waals surface area (Å²) < 4.78 is 0. The van der Waals surface area contributed by atoms with Gasteiger partial charge in [-0.2, -0.15) is 5.10 Å². The first-order valence-electron chi connectivity index (χ1n) is 11.4. The van der Waals surface area contributed by atoms with Crippen molar-refractivity contribution in [3.63, 3.8) is 0 Å². The summed E-state index contributed by atoms with van der Waals surface area (Å²) in [6, 6.07) is 10.0. The molecule has 8 heteroatoms. The van der Waals surface area contributed by atoms with E-state index < -0.39 is 18.0 Å². The van der Waals surface area contributed by atoms with Gasteiger partial charge in [-0.1, -0.05) is 18.2 Å². The molecular formula is C25H27N5O3. The standard InChI is InChI=1S/C25H27N5O3/c31-24(32)21(13-15-4-1-7-18(12-15)27-22-10-11-26-30-22)28-25(33)29-23-19-8-2-5-16(19)14-17-6-3-9-20(17)23/h1,4,7,10-12,14,21H,2-3,5-6,8-9,13H2,(H,31,32)(H2,26,27,30)(H2,28,29,33). The minimum absolute atomic E-state index is 0.170. The number of benzene rings is 2. The van der Waals surface area contributed by atoms with Crippen LogP contribution >= 0.6 is 0 Å². The minimum Gasteiger partial charge on any atom is -0.480 e. The second-order valence-corrected chi connectivity index (χ2v) is 8.71. The number of aromatic amines is 1. The van der Waals surface area contributed by atoms with Gasteiger partial charge in [0.05, 0.1) is 0 Å². The largest absolute Gasteiger partial charge is 0.480 e. The van der Waals surface area contributed by atoms with Crippen LogP contribution in [-0.2, 0) is 36.9 Å². The van der Waals surface area contributed by atoms with Gasteiger partial charge in [0, 0.05) is 30.1 Å². The predicted octanol–water partition coefficient (Wildman–Crippen LogP) is 3.95. The van der Waals surface area contributed by atoms with Gasteiger partial charge in [0.15, 0.2) is 5.82 Å². The lowest BCUT2D eigenvalue weighted by Crippen LogP contribution is -2.44. The summed E-state index contributed by atoms with van der Waals surface area (Å²) in [4.78, 5) is 24.8. The number of carbonyl (C=O) groups excluding carboxylic acids is 1. The maximum atomic E-state index is 12.9. The van der Waals surface area contributed by atoms with Crippen LogP contribution in [0.15, 0.2) is 42.6 Å². The smallest absolute Gasteiger partial charge is 0.326 e. The molecule has 3 aromatic rings. The number of amides is 2. The highest BCUT2D eigenvalue weighted by molar-refractivity contribution is 5.94. The van der Waals surface area contributed by atoms with E-state index in [2.05, 4.69) is 32.2 Å². The van der Waals surface area contributed by atoms with Crippen LogP contribution in [0, 0.1) is 0 Å². The van der Waals surface area contributed by atoms with E-state index in [-0.39, 0.29) is 6.42 Å².